The lowest BCUT2D eigenvalue weighted by molar-refractivity contribution is -0.143. The molecular formula is C21H38O4. The predicted molar refractivity (Wildman–Crippen MR) is 102 cm³/mol. The zero-order chi connectivity index (χ0) is 19.1. The first-order valence-electron chi connectivity index (χ1n) is 10.1. The molecule has 0 rings (SSSR count). The van der Waals surface area contributed by atoms with E-state index in [2.05, 4.69) is 6.92 Å². The van der Waals surface area contributed by atoms with Crippen molar-refractivity contribution in [1.82, 2.24) is 0 Å². The van der Waals surface area contributed by atoms with Gasteiger partial charge < -0.3 is 9.47 Å². The monoisotopic (exact) mass is 354 g/mol. The topological polar surface area (TPSA) is 52.6 Å². The summed E-state index contributed by atoms with van der Waals surface area (Å²) in [7, 11) is 0. The van der Waals surface area contributed by atoms with Crippen molar-refractivity contribution in [3.8, 4) is 0 Å². The lowest BCUT2D eigenvalue weighted by atomic mass is 9.93. The minimum absolute atomic E-state index is 0.0615. The first-order valence-corrected chi connectivity index (χ1v) is 10.1. The van der Waals surface area contributed by atoms with Crippen LogP contribution in [0.15, 0.2) is 11.1 Å². The molecule has 0 amide bonds. The maximum atomic E-state index is 12.5. The van der Waals surface area contributed by atoms with Gasteiger partial charge in [-0.1, -0.05) is 66.7 Å². The molecule has 0 aromatic rings. The van der Waals surface area contributed by atoms with Crippen LogP contribution in [0.4, 0.5) is 0 Å². The third-order valence-electron chi connectivity index (χ3n) is 4.02. The van der Waals surface area contributed by atoms with E-state index in [1.54, 1.807) is 0 Å². The molecular weight excluding hydrogens is 316 g/mol. The van der Waals surface area contributed by atoms with Crippen LogP contribution in [0.25, 0.3) is 0 Å². The van der Waals surface area contributed by atoms with E-state index >= 15 is 0 Å². The number of hydrogen-bond acceptors (Lipinski definition) is 4. The van der Waals surface area contributed by atoms with E-state index in [1.165, 1.54) is 25.7 Å². The van der Waals surface area contributed by atoms with Gasteiger partial charge >= 0.3 is 11.9 Å². The molecule has 0 aromatic heterocycles. The van der Waals surface area contributed by atoms with Crippen LogP contribution < -0.4 is 0 Å². The Kier molecular flexibility index (Phi) is 14.2. The quantitative estimate of drug-likeness (QED) is 0.231. The molecule has 4 nitrogen and oxygen atoms in total. The Bertz CT molecular complexity index is 410. The average molecular weight is 355 g/mol. The maximum Gasteiger partial charge on any atom is 0.334 e. The highest BCUT2D eigenvalue weighted by atomic mass is 16.5. The molecule has 0 bridgehead atoms. The van der Waals surface area contributed by atoms with Crippen LogP contribution in [0.1, 0.15) is 92.4 Å². The molecule has 4 heteroatoms. The molecule has 0 radical (unpaired) electrons. The fraction of sp³-hybridized carbons (Fsp3) is 0.810. The van der Waals surface area contributed by atoms with Gasteiger partial charge in [0.1, 0.15) is 0 Å². The van der Waals surface area contributed by atoms with Gasteiger partial charge in [0.2, 0.25) is 0 Å². The van der Waals surface area contributed by atoms with Crippen molar-refractivity contribution >= 4 is 11.9 Å². The molecule has 0 aliphatic heterocycles. The van der Waals surface area contributed by atoms with Gasteiger partial charge in [0.15, 0.2) is 0 Å². The summed E-state index contributed by atoms with van der Waals surface area (Å²) < 4.78 is 10.6. The van der Waals surface area contributed by atoms with Crippen LogP contribution in [0, 0.1) is 5.92 Å². The molecule has 0 atom stereocenters. The van der Waals surface area contributed by atoms with Gasteiger partial charge in [-0.2, -0.15) is 0 Å². The summed E-state index contributed by atoms with van der Waals surface area (Å²) in [5.41, 5.74) is 1.00. The molecule has 146 valence electrons. The van der Waals surface area contributed by atoms with Crippen molar-refractivity contribution in [1.29, 1.82) is 0 Å². The fourth-order valence-electron chi connectivity index (χ4n) is 2.69. The standard InChI is InChI=1S/C21H38O4/c1-6-9-10-11-12-13-14-18(20(22)24-15-7-2)19(17(4)5)21(23)25-16-8-3/h17H,6-16H2,1-5H3. The highest BCUT2D eigenvalue weighted by Crippen LogP contribution is 2.23. The number of rotatable bonds is 14. The number of carbonyl (C=O) groups excluding carboxylic acids is 2. The number of unbranched alkanes of at least 4 members (excludes halogenated alkanes) is 5. The first kappa shape index (κ1) is 23.7. The van der Waals surface area contributed by atoms with Crippen molar-refractivity contribution in [2.45, 2.75) is 92.4 Å². The molecule has 0 aliphatic rings. The third-order valence-corrected chi connectivity index (χ3v) is 4.02. The van der Waals surface area contributed by atoms with Gasteiger partial charge in [0, 0.05) is 5.57 Å². The molecule has 0 N–H and O–H groups in total. The zero-order valence-electron chi connectivity index (χ0n) is 17.0. The predicted octanol–water partition coefficient (Wildman–Crippen LogP) is 5.60. The summed E-state index contributed by atoms with van der Waals surface area (Å²) in [5, 5.41) is 0. The van der Waals surface area contributed by atoms with Crippen LogP contribution >= 0.6 is 0 Å². The van der Waals surface area contributed by atoms with Crippen molar-refractivity contribution in [3.05, 3.63) is 11.1 Å². The zero-order valence-corrected chi connectivity index (χ0v) is 17.0. The summed E-state index contributed by atoms with van der Waals surface area (Å²) in [6.45, 7) is 10.7. The van der Waals surface area contributed by atoms with Crippen LogP contribution in [0.2, 0.25) is 0 Å². The van der Waals surface area contributed by atoms with E-state index in [4.69, 9.17) is 9.47 Å². The number of carbonyl (C=O) groups is 2. The second-order valence-corrected chi connectivity index (χ2v) is 6.84. The van der Waals surface area contributed by atoms with E-state index in [1.807, 2.05) is 27.7 Å². The highest BCUT2D eigenvalue weighted by Gasteiger charge is 2.25. The molecule has 0 heterocycles. The summed E-state index contributed by atoms with van der Waals surface area (Å²) in [6, 6.07) is 0. The van der Waals surface area contributed by atoms with Crippen molar-refractivity contribution < 1.29 is 19.1 Å². The van der Waals surface area contributed by atoms with Gasteiger partial charge in [-0.25, -0.2) is 9.59 Å². The Hall–Kier alpha value is -1.32. The largest absolute Gasteiger partial charge is 0.462 e. The van der Waals surface area contributed by atoms with E-state index in [0.717, 1.165) is 25.7 Å². The Morgan fingerprint density at radius 2 is 1.24 bits per heavy atom. The van der Waals surface area contributed by atoms with Gasteiger partial charge in [0.25, 0.3) is 0 Å². The lowest BCUT2D eigenvalue weighted by Gasteiger charge is -2.17. The first-order chi connectivity index (χ1) is 12.0. The Balaban J connectivity index is 5.12. The van der Waals surface area contributed by atoms with Crippen LogP contribution in [0.5, 0.6) is 0 Å². The normalized spacial score (nSPS) is 12.1. The van der Waals surface area contributed by atoms with Crippen LogP contribution in [-0.4, -0.2) is 25.2 Å². The molecule has 0 fully saturated rings. The van der Waals surface area contributed by atoms with Gasteiger partial charge in [-0.05, 0) is 31.6 Å². The lowest BCUT2D eigenvalue weighted by Crippen LogP contribution is -2.20. The Labute approximate surface area is 154 Å². The second-order valence-electron chi connectivity index (χ2n) is 6.84. The number of ether oxygens (including phenoxy) is 2. The second kappa shape index (κ2) is 15.0. The minimum Gasteiger partial charge on any atom is -0.462 e. The molecule has 0 spiro atoms. The molecule has 0 saturated heterocycles. The van der Waals surface area contributed by atoms with Crippen molar-refractivity contribution in [3.63, 3.8) is 0 Å². The average Bonchev–Trinajstić information content (AvgIpc) is 2.59. The summed E-state index contributed by atoms with van der Waals surface area (Å²) >= 11 is 0. The summed E-state index contributed by atoms with van der Waals surface area (Å²) in [6.07, 6.45) is 8.96. The number of hydrogen-bond donors (Lipinski definition) is 0. The van der Waals surface area contributed by atoms with E-state index in [-0.39, 0.29) is 17.9 Å². The van der Waals surface area contributed by atoms with E-state index in [0.29, 0.717) is 30.8 Å². The van der Waals surface area contributed by atoms with Gasteiger partial charge in [-0.3, -0.25) is 0 Å². The number of esters is 2. The fourth-order valence-corrected chi connectivity index (χ4v) is 2.69. The van der Waals surface area contributed by atoms with Crippen molar-refractivity contribution in [2.24, 2.45) is 5.92 Å². The maximum absolute atomic E-state index is 12.5. The van der Waals surface area contributed by atoms with E-state index < -0.39 is 0 Å². The molecule has 0 saturated carbocycles. The van der Waals surface area contributed by atoms with Crippen LogP contribution in [-0.2, 0) is 19.1 Å². The molecule has 0 aromatic carbocycles. The third kappa shape index (κ3) is 10.3. The summed E-state index contributed by atoms with van der Waals surface area (Å²) in [4.78, 5) is 25.0. The highest BCUT2D eigenvalue weighted by molar-refractivity contribution is 6.00. The molecule has 0 unspecified atom stereocenters. The van der Waals surface area contributed by atoms with Gasteiger partial charge in [-0.15, -0.1) is 0 Å². The Morgan fingerprint density at radius 1 is 0.720 bits per heavy atom. The van der Waals surface area contributed by atoms with E-state index in [9.17, 15) is 9.59 Å². The summed E-state index contributed by atoms with van der Waals surface area (Å²) in [5.74, 6) is -0.785. The Morgan fingerprint density at radius 3 is 1.76 bits per heavy atom. The smallest absolute Gasteiger partial charge is 0.334 e. The molecule has 0 aliphatic carbocycles. The van der Waals surface area contributed by atoms with Crippen molar-refractivity contribution in [2.75, 3.05) is 13.2 Å². The van der Waals surface area contributed by atoms with Crippen LogP contribution in [0.3, 0.4) is 0 Å². The van der Waals surface area contributed by atoms with Gasteiger partial charge in [0.05, 0.1) is 18.8 Å². The molecule has 25 heavy (non-hydrogen) atoms. The SMILES string of the molecule is CCCCCCCCC(C(=O)OCCC)=C(C(=O)OCCC)C(C)C. The minimum atomic E-state index is -0.369.